The molecule has 2 aromatic carbocycles. The number of nitrogens with zero attached hydrogens (tertiary/aromatic N) is 4. The maximum absolute atomic E-state index is 13.5. The van der Waals surface area contributed by atoms with Gasteiger partial charge in [-0.15, -0.1) is 0 Å². The molecule has 0 saturated carbocycles. The summed E-state index contributed by atoms with van der Waals surface area (Å²) in [5.74, 6) is 0.659. The van der Waals surface area contributed by atoms with E-state index in [1.54, 1.807) is 4.57 Å². The SMILES string of the molecule is Cc1ccc(N2CN(CCO)Cn3c2nc(C)c(Cc2ccccc2)c3=O)cc1C. The number of aliphatic hydroxyl groups excluding tert-OH is 1. The maximum Gasteiger partial charge on any atom is 0.259 e. The third kappa shape index (κ3) is 3.88. The Bertz CT molecular complexity index is 1110. The standard InChI is InChI=1S/C24H28N4O2/c1-17-9-10-21(13-18(17)2)27-15-26(11-12-29)16-28-23(30)22(19(3)25-24(27)28)14-20-7-5-4-6-8-20/h4-10,13,29H,11-12,14-16H2,1-3H3. The van der Waals surface area contributed by atoms with E-state index in [0.29, 0.717) is 32.3 Å². The molecule has 0 fully saturated rings. The van der Waals surface area contributed by atoms with Crippen LogP contribution in [-0.2, 0) is 13.1 Å². The van der Waals surface area contributed by atoms with Gasteiger partial charge in [-0.2, -0.15) is 0 Å². The molecule has 1 aliphatic heterocycles. The lowest BCUT2D eigenvalue weighted by atomic mass is 10.0. The monoisotopic (exact) mass is 404 g/mol. The molecule has 0 atom stereocenters. The quantitative estimate of drug-likeness (QED) is 0.708. The second kappa shape index (κ2) is 8.42. The van der Waals surface area contributed by atoms with Gasteiger partial charge in [-0.05, 0) is 49.6 Å². The summed E-state index contributed by atoms with van der Waals surface area (Å²) in [5, 5.41) is 9.50. The molecule has 30 heavy (non-hydrogen) atoms. The van der Waals surface area contributed by atoms with Crippen molar-refractivity contribution in [3.63, 3.8) is 0 Å². The molecule has 0 bridgehead atoms. The summed E-state index contributed by atoms with van der Waals surface area (Å²) in [7, 11) is 0. The Kier molecular flexibility index (Phi) is 5.70. The number of aryl methyl sites for hydroxylation is 3. The van der Waals surface area contributed by atoms with Crippen molar-refractivity contribution in [1.82, 2.24) is 14.5 Å². The van der Waals surface area contributed by atoms with Gasteiger partial charge in [0.15, 0.2) is 0 Å². The van der Waals surface area contributed by atoms with Gasteiger partial charge in [0.25, 0.3) is 5.56 Å². The Morgan fingerprint density at radius 3 is 2.47 bits per heavy atom. The van der Waals surface area contributed by atoms with Crippen LogP contribution in [0.2, 0.25) is 0 Å². The van der Waals surface area contributed by atoms with E-state index in [0.717, 1.165) is 22.5 Å². The largest absolute Gasteiger partial charge is 0.395 e. The fourth-order valence-corrected chi connectivity index (χ4v) is 3.90. The Labute approximate surface area is 177 Å². The maximum atomic E-state index is 13.5. The number of β-amino-alcohol motifs (C(OH)–C–C–N with tert-alkyl or cyclic N) is 1. The molecule has 1 aromatic heterocycles. The minimum Gasteiger partial charge on any atom is -0.395 e. The van der Waals surface area contributed by atoms with Crippen LogP contribution in [0.5, 0.6) is 0 Å². The molecule has 1 aliphatic rings. The Morgan fingerprint density at radius 1 is 1.00 bits per heavy atom. The highest BCUT2D eigenvalue weighted by Gasteiger charge is 2.27. The first-order valence-electron chi connectivity index (χ1n) is 10.3. The second-order valence-electron chi connectivity index (χ2n) is 7.97. The topological polar surface area (TPSA) is 61.6 Å². The molecular weight excluding hydrogens is 376 g/mol. The van der Waals surface area contributed by atoms with Crippen molar-refractivity contribution in [2.45, 2.75) is 33.9 Å². The van der Waals surface area contributed by atoms with E-state index < -0.39 is 0 Å². The zero-order chi connectivity index (χ0) is 21.3. The van der Waals surface area contributed by atoms with Crippen LogP contribution in [-0.4, -0.2) is 39.4 Å². The lowest BCUT2D eigenvalue weighted by Gasteiger charge is -2.38. The molecule has 0 saturated heterocycles. The van der Waals surface area contributed by atoms with Gasteiger partial charge in [0.05, 0.1) is 25.6 Å². The molecular formula is C24H28N4O2. The van der Waals surface area contributed by atoms with Crippen molar-refractivity contribution >= 4 is 11.6 Å². The zero-order valence-electron chi connectivity index (χ0n) is 17.8. The van der Waals surface area contributed by atoms with E-state index in [1.807, 2.05) is 37.3 Å². The number of rotatable bonds is 5. The van der Waals surface area contributed by atoms with E-state index >= 15 is 0 Å². The van der Waals surface area contributed by atoms with Crippen molar-refractivity contribution in [2.24, 2.45) is 0 Å². The van der Waals surface area contributed by atoms with Crippen LogP contribution in [0.15, 0.2) is 53.3 Å². The lowest BCUT2D eigenvalue weighted by molar-refractivity contribution is 0.152. The fraction of sp³-hybridized carbons (Fsp3) is 0.333. The zero-order valence-corrected chi connectivity index (χ0v) is 17.8. The van der Waals surface area contributed by atoms with Crippen LogP contribution in [0.3, 0.4) is 0 Å². The van der Waals surface area contributed by atoms with Crippen LogP contribution >= 0.6 is 0 Å². The number of hydrogen-bond acceptors (Lipinski definition) is 5. The summed E-state index contributed by atoms with van der Waals surface area (Å²) in [6.45, 7) is 7.63. The summed E-state index contributed by atoms with van der Waals surface area (Å²) in [4.78, 5) is 22.5. The summed E-state index contributed by atoms with van der Waals surface area (Å²) in [6, 6.07) is 16.3. The van der Waals surface area contributed by atoms with Crippen molar-refractivity contribution in [2.75, 3.05) is 24.7 Å². The highest BCUT2D eigenvalue weighted by atomic mass is 16.3. The highest BCUT2D eigenvalue weighted by Crippen LogP contribution is 2.29. The molecule has 3 aromatic rings. The molecule has 6 nitrogen and oxygen atoms in total. The number of benzene rings is 2. The van der Waals surface area contributed by atoms with Gasteiger partial charge in [-0.25, -0.2) is 4.98 Å². The highest BCUT2D eigenvalue weighted by molar-refractivity contribution is 5.60. The first-order valence-corrected chi connectivity index (χ1v) is 10.3. The van der Waals surface area contributed by atoms with E-state index in [1.165, 1.54) is 11.1 Å². The van der Waals surface area contributed by atoms with Gasteiger partial charge in [-0.3, -0.25) is 19.2 Å². The molecule has 0 aliphatic carbocycles. The third-order valence-corrected chi connectivity index (χ3v) is 5.82. The van der Waals surface area contributed by atoms with E-state index in [2.05, 4.69) is 41.8 Å². The van der Waals surface area contributed by atoms with E-state index in [4.69, 9.17) is 4.98 Å². The van der Waals surface area contributed by atoms with Gasteiger partial charge in [0, 0.05) is 24.2 Å². The number of hydrogen-bond donors (Lipinski definition) is 1. The normalized spacial score (nSPS) is 14.1. The number of fused-ring (bicyclic) bond motifs is 1. The molecule has 0 spiro atoms. The van der Waals surface area contributed by atoms with Crippen molar-refractivity contribution in [3.05, 3.63) is 86.8 Å². The minimum atomic E-state index is -0.0159. The predicted octanol–water partition coefficient (Wildman–Crippen LogP) is 3.12. The van der Waals surface area contributed by atoms with Crippen LogP contribution in [0.1, 0.15) is 27.9 Å². The van der Waals surface area contributed by atoms with E-state index in [9.17, 15) is 9.90 Å². The van der Waals surface area contributed by atoms with Crippen molar-refractivity contribution in [1.29, 1.82) is 0 Å². The predicted molar refractivity (Wildman–Crippen MR) is 119 cm³/mol. The van der Waals surface area contributed by atoms with E-state index in [-0.39, 0.29) is 12.2 Å². The smallest absolute Gasteiger partial charge is 0.259 e. The molecule has 6 heteroatoms. The molecule has 4 rings (SSSR count). The Balaban J connectivity index is 1.81. The molecule has 0 amide bonds. The molecule has 156 valence electrons. The summed E-state index contributed by atoms with van der Waals surface area (Å²) >= 11 is 0. The number of aromatic nitrogens is 2. The van der Waals surface area contributed by atoms with Crippen molar-refractivity contribution in [3.8, 4) is 0 Å². The fourth-order valence-electron chi connectivity index (χ4n) is 3.90. The van der Waals surface area contributed by atoms with Crippen LogP contribution in [0, 0.1) is 20.8 Å². The molecule has 2 heterocycles. The Morgan fingerprint density at radius 2 is 1.77 bits per heavy atom. The van der Waals surface area contributed by atoms with Gasteiger partial charge in [0.2, 0.25) is 5.95 Å². The lowest BCUT2D eigenvalue weighted by Crippen LogP contribution is -2.48. The second-order valence-corrected chi connectivity index (χ2v) is 7.97. The third-order valence-electron chi connectivity index (χ3n) is 5.82. The number of aliphatic hydroxyl groups is 1. The summed E-state index contributed by atoms with van der Waals surface area (Å²) in [6.07, 6.45) is 0.558. The Hall–Kier alpha value is -2.96. The number of anilines is 2. The minimum absolute atomic E-state index is 0.0159. The first kappa shape index (κ1) is 20.3. The van der Waals surface area contributed by atoms with Crippen LogP contribution < -0.4 is 10.5 Å². The summed E-state index contributed by atoms with van der Waals surface area (Å²) < 4.78 is 1.74. The molecule has 0 radical (unpaired) electrons. The van der Waals surface area contributed by atoms with Gasteiger partial charge >= 0.3 is 0 Å². The van der Waals surface area contributed by atoms with Crippen molar-refractivity contribution < 1.29 is 5.11 Å². The summed E-state index contributed by atoms with van der Waals surface area (Å²) in [5.41, 5.74) is 5.97. The van der Waals surface area contributed by atoms with Crippen LogP contribution in [0.4, 0.5) is 11.6 Å². The average Bonchev–Trinajstić information content (AvgIpc) is 2.74. The van der Waals surface area contributed by atoms with Gasteiger partial charge in [0.1, 0.15) is 0 Å². The van der Waals surface area contributed by atoms with Gasteiger partial charge < -0.3 is 5.11 Å². The van der Waals surface area contributed by atoms with Gasteiger partial charge in [-0.1, -0.05) is 36.4 Å². The van der Waals surface area contributed by atoms with Crippen LogP contribution in [0.25, 0.3) is 0 Å². The molecule has 0 unspecified atom stereocenters. The average molecular weight is 405 g/mol. The molecule has 1 N–H and O–H groups in total. The first-order chi connectivity index (χ1) is 14.5.